The van der Waals surface area contributed by atoms with Crippen molar-refractivity contribution in [3.63, 3.8) is 0 Å². The third-order valence-electron chi connectivity index (χ3n) is 4.92. The zero-order chi connectivity index (χ0) is 27.7. The molecule has 0 bridgehead atoms. The van der Waals surface area contributed by atoms with Gasteiger partial charge < -0.3 is 4.74 Å². The molecule has 0 fully saturated rings. The van der Waals surface area contributed by atoms with Crippen molar-refractivity contribution in [2.45, 2.75) is 52.4 Å². The van der Waals surface area contributed by atoms with E-state index in [1.165, 1.54) is 29.8 Å². The van der Waals surface area contributed by atoms with Crippen molar-refractivity contribution in [3.05, 3.63) is 58.0 Å². The molecular weight excluding hydrogens is 534 g/mol. The van der Waals surface area contributed by atoms with Crippen molar-refractivity contribution in [2.24, 2.45) is 0 Å². The van der Waals surface area contributed by atoms with Crippen LogP contribution in [0.4, 0.5) is 23.8 Å². The van der Waals surface area contributed by atoms with Gasteiger partial charge in [-0.15, -0.1) is 6.58 Å². The number of ketones is 1. The summed E-state index contributed by atoms with van der Waals surface area (Å²) in [6.07, 6.45) is -4.61. The molecule has 1 amide bonds. The number of hydrogen-bond donors (Lipinski definition) is 0. The fraction of sp³-hybridized carbons (Fsp3) is 0.375. The van der Waals surface area contributed by atoms with E-state index in [9.17, 15) is 22.8 Å². The third kappa shape index (κ3) is 6.98. The summed E-state index contributed by atoms with van der Waals surface area (Å²) in [7, 11) is 0. The van der Waals surface area contributed by atoms with Gasteiger partial charge in [0, 0.05) is 6.42 Å². The maximum Gasteiger partial charge on any atom is 0.417 e. The van der Waals surface area contributed by atoms with Gasteiger partial charge in [-0.1, -0.05) is 29.3 Å². The van der Waals surface area contributed by atoms with Crippen molar-refractivity contribution in [3.8, 4) is 0 Å². The molecule has 3 aromatic rings. The summed E-state index contributed by atoms with van der Waals surface area (Å²) in [5.41, 5.74) is -1.64. The van der Waals surface area contributed by atoms with Crippen LogP contribution in [0, 0.1) is 6.92 Å². The van der Waals surface area contributed by atoms with Gasteiger partial charge in [0.2, 0.25) is 0 Å². The van der Waals surface area contributed by atoms with Crippen LogP contribution in [0.1, 0.15) is 37.6 Å². The Balaban J connectivity index is 2.13. The Morgan fingerprint density at radius 3 is 2.30 bits per heavy atom. The van der Waals surface area contributed by atoms with Gasteiger partial charge in [-0.2, -0.15) is 18.3 Å². The second kappa shape index (κ2) is 10.7. The highest BCUT2D eigenvalue weighted by Crippen LogP contribution is 2.38. The highest BCUT2D eigenvalue weighted by atomic mass is 35.5. The number of aryl methyl sites for hydroxylation is 1. The van der Waals surface area contributed by atoms with Gasteiger partial charge in [0.1, 0.15) is 21.7 Å². The summed E-state index contributed by atoms with van der Waals surface area (Å²) in [4.78, 5) is 35.0. The summed E-state index contributed by atoms with van der Waals surface area (Å²) in [5.74, 6) is -0.950. The molecule has 0 aliphatic carbocycles. The molecule has 0 aromatic carbocycles. The number of fused-ring (bicyclic) bond motifs is 1. The van der Waals surface area contributed by atoms with Crippen LogP contribution in [0.25, 0.3) is 11.0 Å². The number of anilines is 1. The predicted molar refractivity (Wildman–Crippen MR) is 134 cm³/mol. The van der Waals surface area contributed by atoms with E-state index >= 15 is 0 Å². The lowest BCUT2D eigenvalue weighted by atomic mass is 10.1. The van der Waals surface area contributed by atoms with E-state index in [2.05, 4.69) is 21.6 Å². The van der Waals surface area contributed by atoms with E-state index in [0.717, 1.165) is 4.90 Å². The number of carbonyl (C=O) groups is 2. The van der Waals surface area contributed by atoms with E-state index in [-0.39, 0.29) is 40.0 Å². The van der Waals surface area contributed by atoms with Crippen LogP contribution in [0.15, 0.2) is 30.9 Å². The molecule has 3 aromatic heterocycles. The van der Waals surface area contributed by atoms with Gasteiger partial charge in [-0.3, -0.25) is 9.69 Å². The third-order valence-corrected chi connectivity index (χ3v) is 5.31. The van der Waals surface area contributed by atoms with Gasteiger partial charge in [-0.25, -0.2) is 19.4 Å². The molecule has 13 heteroatoms. The Bertz CT molecular complexity index is 1350. The minimum atomic E-state index is -4.79. The minimum Gasteiger partial charge on any atom is -0.443 e. The van der Waals surface area contributed by atoms with Crippen molar-refractivity contribution in [2.75, 3.05) is 11.4 Å². The molecule has 0 spiro atoms. The second-order valence-electron chi connectivity index (χ2n) is 9.18. The largest absolute Gasteiger partial charge is 0.443 e. The average Bonchev–Trinajstić information content (AvgIpc) is 3.04. The van der Waals surface area contributed by atoms with Crippen molar-refractivity contribution < 1.29 is 27.5 Å². The summed E-state index contributed by atoms with van der Waals surface area (Å²) in [6, 6.07) is 3.56. The van der Waals surface area contributed by atoms with Crippen LogP contribution in [0.5, 0.6) is 0 Å². The predicted octanol–water partition coefficient (Wildman–Crippen LogP) is 6.20. The van der Waals surface area contributed by atoms with Crippen LogP contribution >= 0.6 is 23.2 Å². The normalized spacial score (nSPS) is 12.0. The number of rotatable bonds is 7. The number of hydrogen-bond acceptors (Lipinski definition) is 6. The zero-order valence-electron chi connectivity index (χ0n) is 20.5. The Labute approximate surface area is 221 Å². The van der Waals surface area contributed by atoms with Crippen LogP contribution in [-0.4, -0.2) is 43.8 Å². The molecule has 0 saturated heterocycles. The summed E-state index contributed by atoms with van der Waals surface area (Å²) >= 11 is 11.8. The Hall–Kier alpha value is -3.18. The maximum atomic E-state index is 14.1. The zero-order valence-corrected chi connectivity index (χ0v) is 22.0. The summed E-state index contributed by atoms with van der Waals surface area (Å²) in [5, 5.41) is 4.05. The molecule has 0 aliphatic heterocycles. The minimum absolute atomic E-state index is 0.0621. The topological polar surface area (TPSA) is 90.2 Å². The number of halogens is 5. The number of nitrogens with zero attached hydrogens (tertiary/aromatic N) is 5. The summed E-state index contributed by atoms with van der Waals surface area (Å²) < 4.78 is 49.0. The fourth-order valence-corrected chi connectivity index (χ4v) is 4.09. The van der Waals surface area contributed by atoms with Gasteiger partial charge in [0.15, 0.2) is 11.4 Å². The van der Waals surface area contributed by atoms with Crippen LogP contribution in [0.2, 0.25) is 10.3 Å². The number of aromatic nitrogens is 4. The molecule has 0 aliphatic rings. The van der Waals surface area contributed by atoms with Gasteiger partial charge in [0.25, 0.3) is 0 Å². The molecule has 0 atom stereocenters. The number of allylic oxidation sites excluding steroid dienone is 1. The molecular formula is C24H24Cl2F3N5O3. The molecule has 8 nitrogen and oxygen atoms in total. The van der Waals surface area contributed by atoms with Gasteiger partial charge in [-0.05, 0) is 51.5 Å². The molecule has 198 valence electrons. The van der Waals surface area contributed by atoms with Gasteiger partial charge in [0.05, 0.1) is 29.7 Å². The lowest BCUT2D eigenvalue weighted by Gasteiger charge is -2.27. The molecule has 0 N–H and O–H groups in total. The molecule has 0 radical (unpaired) electrons. The quantitative estimate of drug-likeness (QED) is 0.254. The second-order valence-corrected chi connectivity index (χ2v) is 9.96. The van der Waals surface area contributed by atoms with E-state index < -0.39 is 41.6 Å². The number of ether oxygens (including phenoxy) is 1. The average molecular weight is 558 g/mol. The number of carbonyl (C=O) groups excluding carboxylic acids is 2. The SMILES string of the molecule is C=CCn1nc(C)c2c(C(F)(F)F)cc(N(CC(=O)Cc3cc(Cl)nc(Cl)c3)C(=O)OC(C)(C)C)nc21. The molecule has 3 heterocycles. The van der Waals surface area contributed by atoms with Crippen LogP contribution < -0.4 is 4.90 Å². The van der Waals surface area contributed by atoms with Crippen molar-refractivity contribution in [1.29, 1.82) is 0 Å². The molecule has 0 saturated carbocycles. The number of pyridine rings is 2. The number of alkyl halides is 3. The van der Waals surface area contributed by atoms with E-state index in [1.807, 2.05) is 0 Å². The fourth-order valence-electron chi connectivity index (χ4n) is 3.58. The highest BCUT2D eigenvalue weighted by Gasteiger charge is 2.37. The first kappa shape index (κ1) is 28.4. The lowest BCUT2D eigenvalue weighted by Crippen LogP contribution is -2.41. The monoisotopic (exact) mass is 557 g/mol. The van der Waals surface area contributed by atoms with Crippen molar-refractivity contribution >= 4 is 51.9 Å². The smallest absolute Gasteiger partial charge is 0.417 e. The van der Waals surface area contributed by atoms with E-state index in [4.69, 9.17) is 27.9 Å². The van der Waals surface area contributed by atoms with E-state index in [1.54, 1.807) is 20.8 Å². The first-order chi connectivity index (χ1) is 17.1. The number of amides is 1. The lowest BCUT2D eigenvalue weighted by molar-refractivity contribution is -0.136. The van der Waals surface area contributed by atoms with Crippen molar-refractivity contribution in [1.82, 2.24) is 19.7 Å². The first-order valence-corrected chi connectivity index (χ1v) is 11.7. The number of Topliss-reactive ketones (excluding diaryl/α,β-unsaturated/α-hetero) is 1. The first-order valence-electron chi connectivity index (χ1n) is 11.0. The Kier molecular flexibility index (Phi) is 8.18. The Morgan fingerprint density at radius 2 is 1.76 bits per heavy atom. The molecule has 0 unspecified atom stereocenters. The summed E-state index contributed by atoms with van der Waals surface area (Å²) in [6.45, 7) is 9.24. The Morgan fingerprint density at radius 1 is 1.14 bits per heavy atom. The van der Waals surface area contributed by atoms with Crippen LogP contribution in [-0.2, 0) is 28.7 Å². The standard InChI is InChI=1S/C24H24Cl2F3N5O3/c1-6-7-34-21-20(13(2)32-34)16(24(27,28)29)11-19(31-21)33(22(36)37-23(3,4)5)12-15(35)8-14-9-17(25)30-18(26)10-14/h6,9-11H,1,7-8,12H2,2-5H3. The van der Waals surface area contributed by atoms with E-state index in [0.29, 0.717) is 11.6 Å². The molecule has 37 heavy (non-hydrogen) atoms. The van der Waals surface area contributed by atoms with Crippen LogP contribution in [0.3, 0.4) is 0 Å². The highest BCUT2D eigenvalue weighted by molar-refractivity contribution is 6.32. The maximum absolute atomic E-state index is 14.1. The van der Waals surface area contributed by atoms with Gasteiger partial charge >= 0.3 is 12.3 Å². The molecule has 3 rings (SSSR count).